The molecule has 0 N–H and O–H groups in total. The highest BCUT2D eigenvalue weighted by atomic mass is 127. The smallest absolute Gasteiger partial charge is 0.124 e. The van der Waals surface area contributed by atoms with Gasteiger partial charge in [-0.25, -0.2) is 4.39 Å². The van der Waals surface area contributed by atoms with E-state index in [1.807, 2.05) is 36.4 Å². The second-order valence-corrected chi connectivity index (χ2v) is 4.15. The molecule has 0 aliphatic carbocycles. The SMILES string of the molecule is Fc1ccc(-c2ccccc2)c(I)c1. The van der Waals surface area contributed by atoms with Crippen molar-refractivity contribution in [3.05, 3.63) is 57.9 Å². The molecule has 2 aromatic carbocycles. The van der Waals surface area contributed by atoms with Crippen molar-refractivity contribution in [1.82, 2.24) is 0 Å². The molecular formula is C12H8FI. The summed E-state index contributed by atoms with van der Waals surface area (Å²) in [5.41, 5.74) is 2.20. The number of hydrogen-bond donors (Lipinski definition) is 0. The molecular weight excluding hydrogens is 290 g/mol. The van der Waals surface area contributed by atoms with Gasteiger partial charge in [0.25, 0.3) is 0 Å². The first kappa shape index (κ1) is 9.65. The van der Waals surface area contributed by atoms with E-state index in [0.29, 0.717) is 0 Å². The molecule has 14 heavy (non-hydrogen) atoms. The highest BCUT2D eigenvalue weighted by molar-refractivity contribution is 14.1. The molecule has 0 aliphatic rings. The first-order valence-electron chi connectivity index (χ1n) is 4.28. The van der Waals surface area contributed by atoms with Crippen LogP contribution in [0.3, 0.4) is 0 Å². The van der Waals surface area contributed by atoms with E-state index in [-0.39, 0.29) is 5.82 Å². The molecule has 2 heteroatoms. The van der Waals surface area contributed by atoms with Crippen LogP contribution in [-0.2, 0) is 0 Å². The zero-order valence-corrected chi connectivity index (χ0v) is 9.53. The summed E-state index contributed by atoms with van der Waals surface area (Å²) >= 11 is 2.15. The molecule has 0 amide bonds. The molecule has 0 heterocycles. The van der Waals surface area contributed by atoms with E-state index >= 15 is 0 Å². The molecule has 0 fully saturated rings. The van der Waals surface area contributed by atoms with E-state index in [9.17, 15) is 4.39 Å². The Morgan fingerprint density at radius 1 is 0.929 bits per heavy atom. The Balaban J connectivity index is 2.53. The Morgan fingerprint density at radius 2 is 1.64 bits per heavy atom. The number of hydrogen-bond acceptors (Lipinski definition) is 0. The van der Waals surface area contributed by atoms with Crippen molar-refractivity contribution in [2.75, 3.05) is 0 Å². The summed E-state index contributed by atoms with van der Waals surface area (Å²) in [5.74, 6) is -0.186. The summed E-state index contributed by atoms with van der Waals surface area (Å²) in [7, 11) is 0. The van der Waals surface area contributed by atoms with Gasteiger partial charge in [0.15, 0.2) is 0 Å². The Bertz CT molecular complexity index is 437. The summed E-state index contributed by atoms with van der Waals surface area (Å²) in [6, 6.07) is 14.8. The summed E-state index contributed by atoms with van der Waals surface area (Å²) in [6.45, 7) is 0. The van der Waals surface area contributed by atoms with Crippen LogP contribution in [0.15, 0.2) is 48.5 Å². The predicted octanol–water partition coefficient (Wildman–Crippen LogP) is 4.10. The summed E-state index contributed by atoms with van der Waals surface area (Å²) < 4.78 is 13.8. The van der Waals surface area contributed by atoms with E-state index in [4.69, 9.17) is 0 Å². The molecule has 0 radical (unpaired) electrons. The lowest BCUT2D eigenvalue weighted by Gasteiger charge is -2.03. The van der Waals surface area contributed by atoms with Crippen LogP contribution in [-0.4, -0.2) is 0 Å². The fourth-order valence-electron chi connectivity index (χ4n) is 1.34. The van der Waals surface area contributed by atoms with Crippen LogP contribution < -0.4 is 0 Å². The molecule has 0 spiro atoms. The van der Waals surface area contributed by atoms with Gasteiger partial charge in [0.05, 0.1) is 0 Å². The zero-order valence-electron chi connectivity index (χ0n) is 7.37. The summed E-state index contributed by atoms with van der Waals surface area (Å²) in [4.78, 5) is 0. The molecule has 2 aromatic rings. The first-order valence-corrected chi connectivity index (χ1v) is 5.36. The van der Waals surface area contributed by atoms with Gasteiger partial charge in [-0.15, -0.1) is 0 Å². The van der Waals surface area contributed by atoms with Crippen LogP contribution in [0.4, 0.5) is 4.39 Å². The van der Waals surface area contributed by atoms with E-state index in [1.54, 1.807) is 6.07 Å². The van der Waals surface area contributed by atoms with Crippen molar-refractivity contribution < 1.29 is 4.39 Å². The average molecular weight is 298 g/mol. The molecule has 70 valence electrons. The molecule has 0 aromatic heterocycles. The van der Waals surface area contributed by atoms with Crippen LogP contribution in [0.2, 0.25) is 0 Å². The third-order valence-corrected chi connectivity index (χ3v) is 2.91. The van der Waals surface area contributed by atoms with Gasteiger partial charge in [0.2, 0.25) is 0 Å². The fraction of sp³-hybridized carbons (Fsp3) is 0. The van der Waals surface area contributed by atoms with Gasteiger partial charge < -0.3 is 0 Å². The molecule has 0 nitrogen and oxygen atoms in total. The molecule has 0 aliphatic heterocycles. The molecule has 0 saturated heterocycles. The third-order valence-electron chi connectivity index (χ3n) is 2.02. The molecule has 0 atom stereocenters. The Morgan fingerprint density at radius 3 is 2.29 bits per heavy atom. The summed E-state index contributed by atoms with van der Waals surface area (Å²) in [5, 5.41) is 0. The van der Waals surface area contributed by atoms with Gasteiger partial charge in [-0.05, 0) is 45.9 Å². The van der Waals surface area contributed by atoms with Crippen LogP contribution in [0, 0.1) is 9.39 Å². The van der Waals surface area contributed by atoms with Crippen LogP contribution in [0.1, 0.15) is 0 Å². The maximum absolute atomic E-state index is 12.9. The van der Waals surface area contributed by atoms with Crippen molar-refractivity contribution in [3.63, 3.8) is 0 Å². The van der Waals surface area contributed by atoms with Crippen molar-refractivity contribution >= 4 is 22.6 Å². The number of rotatable bonds is 1. The van der Waals surface area contributed by atoms with Crippen molar-refractivity contribution in [2.24, 2.45) is 0 Å². The van der Waals surface area contributed by atoms with Gasteiger partial charge in [0, 0.05) is 3.57 Å². The maximum Gasteiger partial charge on any atom is 0.124 e. The van der Waals surface area contributed by atoms with E-state index < -0.39 is 0 Å². The van der Waals surface area contributed by atoms with Gasteiger partial charge in [-0.3, -0.25) is 0 Å². The normalized spacial score (nSPS) is 10.1. The first-order chi connectivity index (χ1) is 6.77. The van der Waals surface area contributed by atoms with Gasteiger partial charge >= 0.3 is 0 Å². The highest BCUT2D eigenvalue weighted by Gasteiger charge is 2.02. The van der Waals surface area contributed by atoms with Crippen LogP contribution in [0.5, 0.6) is 0 Å². The minimum Gasteiger partial charge on any atom is -0.207 e. The zero-order chi connectivity index (χ0) is 9.97. The van der Waals surface area contributed by atoms with Crippen LogP contribution >= 0.6 is 22.6 Å². The lowest BCUT2D eigenvalue weighted by molar-refractivity contribution is 0.627. The van der Waals surface area contributed by atoms with Gasteiger partial charge in [0.1, 0.15) is 5.82 Å². The van der Waals surface area contributed by atoms with Gasteiger partial charge in [-0.2, -0.15) is 0 Å². The van der Waals surface area contributed by atoms with E-state index in [1.165, 1.54) is 6.07 Å². The average Bonchev–Trinajstić information content (AvgIpc) is 2.19. The van der Waals surface area contributed by atoms with Crippen molar-refractivity contribution in [3.8, 4) is 11.1 Å². The molecule has 0 unspecified atom stereocenters. The largest absolute Gasteiger partial charge is 0.207 e. The fourth-order valence-corrected chi connectivity index (χ4v) is 2.13. The monoisotopic (exact) mass is 298 g/mol. The third kappa shape index (κ3) is 1.95. The quantitative estimate of drug-likeness (QED) is 0.695. The molecule has 0 saturated carbocycles. The minimum absolute atomic E-state index is 0.186. The van der Waals surface area contributed by atoms with Gasteiger partial charge in [-0.1, -0.05) is 36.4 Å². The van der Waals surface area contributed by atoms with Crippen molar-refractivity contribution in [1.29, 1.82) is 0 Å². The lowest BCUT2D eigenvalue weighted by atomic mass is 10.1. The highest BCUT2D eigenvalue weighted by Crippen LogP contribution is 2.25. The van der Waals surface area contributed by atoms with Crippen LogP contribution in [0.25, 0.3) is 11.1 Å². The number of halogens is 2. The Hall–Kier alpha value is -0.900. The molecule has 0 bridgehead atoms. The minimum atomic E-state index is -0.186. The van der Waals surface area contributed by atoms with E-state index in [0.717, 1.165) is 14.7 Å². The number of benzene rings is 2. The second-order valence-electron chi connectivity index (χ2n) is 2.99. The van der Waals surface area contributed by atoms with Crippen molar-refractivity contribution in [2.45, 2.75) is 0 Å². The predicted molar refractivity (Wildman–Crippen MR) is 64.6 cm³/mol. The maximum atomic E-state index is 12.9. The Kier molecular flexibility index (Phi) is 2.82. The Labute approximate surface area is 95.9 Å². The molecule has 2 rings (SSSR count). The second kappa shape index (κ2) is 4.09. The standard InChI is InChI=1S/C12H8FI/c13-10-6-7-11(12(14)8-10)9-4-2-1-3-5-9/h1-8H. The summed E-state index contributed by atoms with van der Waals surface area (Å²) in [6.07, 6.45) is 0. The lowest BCUT2D eigenvalue weighted by Crippen LogP contribution is -1.83. The topological polar surface area (TPSA) is 0 Å². The van der Waals surface area contributed by atoms with E-state index in [2.05, 4.69) is 22.6 Å².